The van der Waals surface area contributed by atoms with Crippen LogP contribution in [-0.2, 0) is 4.79 Å². The molecular formula is C19H14ClF4N3O5. The quantitative estimate of drug-likeness (QED) is 0.511. The van der Waals surface area contributed by atoms with Crippen LogP contribution in [0.25, 0.3) is 0 Å². The third kappa shape index (κ3) is 3.77. The zero-order valence-corrected chi connectivity index (χ0v) is 17.1. The Morgan fingerprint density at radius 2 is 1.75 bits per heavy atom. The van der Waals surface area contributed by atoms with Crippen LogP contribution in [0.1, 0.15) is 10.4 Å². The monoisotopic (exact) mass is 475 g/mol. The van der Waals surface area contributed by atoms with Gasteiger partial charge in [0.05, 0.1) is 24.9 Å². The second kappa shape index (κ2) is 8.19. The number of nitrogens with zero attached hydrogens (tertiary/aromatic N) is 1. The van der Waals surface area contributed by atoms with E-state index >= 15 is 0 Å². The molecule has 0 radical (unpaired) electrons. The molecule has 2 N–H and O–H groups in total. The molecule has 0 saturated carbocycles. The average Bonchev–Trinajstić information content (AvgIpc) is 2.99. The van der Waals surface area contributed by atoms with Crippen molar-refractivity contribution in [1.82, 2.24) is 10.6 Å². The Morgan fingerprint density at radius 3 is 2.31 bits per heavy atom. The van der Waals surface area contributed by atoms with Gasteiger partial charge in [0, 0.05) is 5.56 Å². The van der Waals surface area contributed by atoms with Crippen molar-refractivity contribution < 1.29 is 41.4 Å². The Kier molecular flexibility index (Phi) is 5.92. The van der Waals surface area contributed by atoms with Crippen LogP contribution in [-0.4, -0.2) is 43.9 Å². The number of ether oxygens (including phenoxy) is 2. The van der Waals surface area contributed by atoms with Gasteiger partial charge in [0.1, 0.15) is 5.82 Å². The number of hydrogen-bond donors (Lipinski definition) is 2. The maximum Gasteiger partial charge on any atom is 0.440 e. The second-order valence-electron chi connectivity index (χ2n) is 6.44. The van der Waals surface area contributed by atoms with Crippen molar-refractivity contribution in [2.75, 3.05) is 19.1 Å². The number of anilines is 1. The number of urea groups is 1. The summed E-state index contributed by atoms with van der Waals surface area (Å²) in [5.41, 5.74) is -4.52. The maximum atomic E-state index is 14.0. The molecule has 1 heterocycles. The molecule has 1 saturated heterocycles. The zero-order chi connectivity index (χ0) is 23.8. The Balaban J connectivity index is 2.01. The number of rotatable bonds is 5. The number of benzene rings is 2. The highest BCUT2D eigenvalue weighted by atomic mass is 35.5. The van der Waals surface area contributed by atoms with Gasteiger partial charge in [-0.1, -0.05) is 11.6 Å². The number of nitrogens with one attached hydrogen (secondary N) is 2. The highest BCUT2D eigenvalue weighted by molar-refractivity contribution is 6.31. The number of alkyl halides is 3. The van der Waals surface area contributed by atoms with Gasteiger partial charge in [0.15, 0.2) is 11.5 Å². The summed E-state index contributed by atoms with van der Waals surface area (Å²) in [6.45, 7) is 0. The van der Waals surface area contributed by atoms with Crippen LogP contribution in [0.4, 0.5) is 28.0 Å². The number of amides is 4. The van der Waals surface area contributed by atoms with Crippen molar-refractivity contribution in [2.24, 2.45) is 0 Å². The Bertz CT molecular complexity index is 1110. The first-order valence-corrected chi connectivity index (χ1v) is 9.06. The van der Waals surface area contributed by atoms with Crippen LogP contribution >= 0.6 is 11.6 Å². The van der Waals surface area contributed by atoms with E-state index in [-0.39, 0.29) is 22.0 Å². The number of carbonyl (C=O) groups is 3. The van der Waals surface area contributed by atoms with Gasteiger partial charge < -0.3 is 14.8 Å². The molecule has 0 aromatic heterocycles. The normalized spacial score (nSPS) is 18.4. The summed E-state index contributed by atoms with van der Waals surface area (Å²) in [4.78, 5) is 37.8. The molecule has 2 aromatic carbocycles. The smallest absolute Gasteiger partial charge is 0.440 e. The van der Waals surface area contributed by atoms with E-state index < -0.39 is 46.2 Å². The van der Waals surface area contributed by atoms with E-state index in [0.29, 0.717) is 0 Å². The van der Waals surface area contributed by atoms with E-state index in [1.165, 1.54) is 25.6 Å². The molecular weight excluding hydrogens is 462 g/mol. The molecule has 1 atom stereocenters. The third-order valence-electron chi connectivity index (χ3n) is 4.55. The largest absolute Gasteiger partial charge is 0.493 e. The molecule has 2 aromatic rings. The van der Waals surface area contributed by atoms with Crippen molar-refractivity contribution >= 4 is 35.1 Å². The zero-order valence-electron chi connectivity index (χ0n) is 16.3. The van der Waals surface area contributed by atoms with Gasteiger partial charge in [-0.3, -0.25) is 14.9 Å². The molecule has 1 aliphatic heterocycles. The number of imide groups is 1. The van der Waals surface area contributed by atoms with Crippen LogP contribution in [0.5, 0.6) is 11.5 Å². The predicted molar refractivity (Wildman–Crippen MR) is 103 cm³/mol. The summed E-state index contributed by atoms with van der Waals surface area (Å²) < 4.78 is 65.4. The second-order valence-corrected chi connectivity index (χ2v) is 6.85. The van der Waals surface area contributed by atoms with E-state index in [9.17, 15) is 31.9 Å². The molecule has 170 valence electrons. The molecule has 0 aliphatic carbocycles. The van der Waals surface area contributed by atoms with Crippen molar-refractivity contribution in [3.63, 3.8) is 0 Å². The molecule has 4 amide bonds. The molecule has 0 bridgehead atoms. The molecule has 32 heavy (non-hydrogen) atoms. The van der Waals surface area contributed by atoms with E-state index in [1.54, 1.807) is 5.32 Å². The SMILES string of the molecule is COc1ccc(C(=O)N[C@@]2(C(F)(F)F)NC(=O)N(c3ccc(F)c(Cl)c3)C2=O)cc1OC. The fourth-order valence-corrected chi connectivity index (χ4v) is 3.13. The van der Waals surface area contributed by atoms with Gasteiger partial charge in [-0.05, 0) is 36.4 Å². The van der Waals surface area contributed by atoms with Crippen LogP contribution in [0.3, 0.4) is 0 Å². The van der Waals surface area contributed by atoms with Crippen LogP contribution < -0.4 is 25.0 Å². The Morgan fingerprint density at radius 1 is 1.09 bits per heavy atom. The van der Waals surface area contributed by atoms with E-state index in [2.05, 4.69) is 0 Å². The molecule has 8 nitrogen and oxygen atoms in total. The van der Waals surface area contributed by atoms with Gasteiger partial charge in [-0.2, -0.15) is 13.2 Å². The lowest BCUT2D eigenvalue weighted by Crippen LogP contribution is -2.69. The summed E-state index contributed by atoms with van der Waals surface area (Å²) in [5, 5.41) is 2.51. The topological polar surface area (TPSA) is 97.0 Å². The van der Waals surface area contributed by atoms with Gasteiger partial charge in [-0.25, -0.2) is 14.1 Å². The van der Waals surface area contributed by atoms with Gasteiger partial charge >= 0.3 is 12.2 Å². The minimum atomic E-state index is -5.44. The molecule has 3 rings (SSSR count). The highest BCUT2D eigenvalue weighted by Gasteiger charge is 2.69. The van der Waals surface area contributed by atoms with Crippen molar-refractivity contribution in [1.29, 1.82) is 0 Å². The van der Waals surface area contributed by atoms with Crippen LogP contribution in [0, 0.1) is 5.82 Å². The molecule has 1 fully saturated rings. The van der Waals surface area contributed by atoms with Crippen LogP contribution in [0.15, 0.2) is 36.4 Å². The summed E-state index contributed by atoms with van der Waals surface area (Å²) in [7, 11) is 2.57. The number of methoxy groups -OCH3 is 2. The van der Waals surface area contributed by atoms with Crippen molar-refractivity contribution in [2.45, 2.75) is 11.8 Å². The minimum absolute atomic E-state index is 0.0468. The van der Waals surface area contributed by atoms with Gasteiger partial charge in [0.2, 0.25) is 0 Å². The molecule has 13 heteroatoms. The number of hydrogen-bond acceptors (Lipinski definition) is 5. The molecule has 1 aliphatic rings. The molecule has 0 unspecified atom stereocenters. The predicted octanol–water partition coefficient (Wildman–Crippen LogP) is 3.24. The van der Waals surface area contributed by atoms with E-state index in [1.807, 2.05) is 0 Å². The fraction of sp³-hybridized carbons (Fsp3) is 0.211. The van der Waals surface area contributed by atoms with Gasteiger partial charge in [-0.15, -0.1) is 0 Å². The van der Waals surface area contributed by atoms with Crippen molar-refractivity contribution in [3.05, 3.63) is 52.8 Å². The Labute approximate surface area is 183 Å². The minimum Gasteiger partial charge on any atom is -0.493 e. The fourth-order valence-electron chi connectivity index (χ4n) is 2.96. The third-order valence-corrected chi connectivity index (χ3v) is 4.84. The standard InChI is InChI=1S/C19H14ClF4N3O5/c1-31-13-6-3-9(7-14(13)32-2)15(28)25-18(19(22,23)24)16(29)27(17(30)26-18)10-4-5-12(21)11(20)8-10/h3-8H,1-2H3,(H,25,28)(H,26,30)/t18-/m1/s1. The van der Waals surface area contributed by atoms with Crippen molar-refractivity contribution in [3.8, 4) is 11.5 Å². The lowest BCUT2D eigenvalue weighted by Gasteiger charge is -2.30. The lowest BCUT2D eigenvalue weighted by atomic mass is 10.1. The molecule has 0 spiro atoms. The van der Waals surface area contributed by atoms with Gasteiger partial charge in [0.25, 0.3) is 17.5 Å². The Hall–Kier alpha value is -3.54. The van der Waals surface area contributed by atoms with E-state index in [4.69, 9.17) is 21.1 Å². The van der Waals surface area contributed by atoms with Crippen LogP contribution in [0.2, 0.25) is 5.02 Å². The highest BCUT2D eigenvalue weighted by Crippen LogP contribution is 2.37. The summed E-state index contributed by atoms with van der Waals surface area (Å²) >= 11 is 5.61. The lowest BCUT2D eigenvalue weighted by molar-refractivity contribution is -0.197. The number of carbonyl (C=O) groups excluding carboxylic acids is 3. The maximum absolute atomic E-state index is 14.0. The first kappa shape index (κ1) is 23.1. The summed E-state index contributed by atoms with van der Waals surface area (Å²) in [6.07, 6.45) is -5.44. The first-order valence-electron chi connectivity index (χ1n) is 8.68. The van der Waals surface area contributed by atoms with E-state index in [0.717, 1.165) is 30.3 Å². The summed E-state index contributed by atoms with van der Waals surface area (Å²) in [6, 6.07) is 4.47. The first-order chi connectivity index (χ1) is 14.9. The average molecular weight is 476 g/mol. The number of halogens is 5. The summed E-state index contributed by atoms with van der Waals surface area (Å²) in [5.74, 6) is -3.85.